The van der Waals surface area contributed by atoms with Crippen molar-refractivity contribution in [1.82, 2.24) is 4.90 Å². The Kier molecular flexibility index (Phi) is 3.56. The molecule has 0 amide bonds. The predicted octanol–water partition coefficient (Wildman–Crippen LogP) is 0.867. The second-order valence-corrected chi connectivity index (χ2v) is 3.17. The first kappa shape index (κ1) is 9.55. The van der Waals surface area contributed by atoms with E-state index in [1.165, 1.54) is 0 Å². The van der Waals surface area contributed by atoms with E-state index in [9.17, 15) is 0 Å². The summed E-state index contributed by atoms with van der Waals surface area (Å²) in [6, 6.07) is 0. The molecule has 0 unspecified atom stereocenters. The monoisotopic (exact) mass is 171 g/mol. The molecule has 1 aliphatic heterocycles. The van der Waals surface area contributed by atoms with E-state index in [0.29, 0.717) is 6.10 Å². The van der Waals surface area contributed by atoms with Crippen LogP contribution in [0.3, 0.4) is 0 Å². The largest absolute Gasteiger partial charge is 0.498 e. The molecular weight excluding hydrogens is 154 g/mol. The molecular formula is C9H17NO2. The zero-order valence-electron chi connectivity index (χ0n) is 7.88. The van der Waals surface area contributed by atoms with Gasteiger partial charge in [-0.3, -0.25) is 4.90 Å². The van der Waals surface area contributed by atoms with Gasteiger partial charge < -0.3 is 9.47 Å². The highest BCUT2D eigenvalue weighted by atomic mass is 16.5. The van der Waals surface area contributed by atoms with E-state index in [4.69, 9.17) is 9.47 Å². The normalized spacial score (nSPS) is 18.8. The molecule has 0 bridgehead atoms. The predicted molar refractivity (Wildman–Crippen MR) is 48.0 cm³/mol. The molecule has 3 heteroatoms. The lowest BCUT2D eigenvalue weighted by Gasteiger charge is -2.37. The number of rotatable bonds is 5. The lowest BCUT2D eigenvalue weighted by molar-refractivity contribution is -0.0363. The minimum Gasteiger partial charge on any atom is -0.498 e. The van der Waals surface area contributed by atoms with Crippen LogP contribution in [0, 0.1) is 0 Å². The molecule has 1 fully saturated rings. The third-order valence-corrected chi connectivity index (χ3v) is 2.01. The van der Waals surface area contributed by atoms with Crippen molar-refractivity contribution in [2.45, 2.75) is 13.0 Å². The average molecular weight is 171 g/mol. The van der Waals surface area contributed by atoms with Crippen LogP contribution in [0.2, 0.25) is 0 Å². The molecule has 1 heterocycles. The summed E-state index contributed by atoms with van der Waals surface area (Å²) < 4.78 is 10.4. The molecule has 0 aliphatic carbocycles. The lowest BCUT2D eigenvalue weighted by atomic mass is 10.2. The van der Waals surface area contributed by atoms with Crippen molar-refractivity contribution in [2.75, 3.05) is 33.4 Å². The highest BCUT2D eigenvalue weighted by molar-refractivity contribution is 4.80. The maximum Gasteiger partial charge on any atom is 0.100 e. The second-order valence-electron chi connectivity index (χ2n) is 3.17. The first-order valence-corrected chi connectivity index (χ1v) is 4.26. The number of hydrogen-bond acceptors (Lipinski definition) is 3. The molecule has 0 atom stereocenters. The number of ether oxygens (including phenoxy) is 2. The molecule has 12 heavy (non-hydrogen) atoms. The van der Waals surface area contributed by atoms with Crippen molar-refractivity contribution in [1.29, 1.82) is 0 Å². The van der Waals surface area contributed by atoms with Gasteiger partial charge in [-0.1, -0.05) is 6.58 Å². The summed E-state index contributed by atoms with van der Waals surface area (Å²) in [4.78, 5) is 2.30. The van der Waals surface area contributed by atoms with Crippen LogP contribution in [0.25, 0.3) is 0 Å². The molecule has 0 N–H and O–H groups in total. The molecule has 0 aromatic heterocycles. The van der Waals surface area contributed by atoms with Crippen LogP contribution in [-0.4, -0.2) is 44.4 Å². The summed E-state index contributed by atoms with van der Waals surface area (Å²) in [5.74, 6) is 0.791. The minimum atomic E-state index is 0.440. The molecule has 0 radical (unpaired) electrons. The average Bonchev–Trinajstić information content (AvgIpc) is 1.93. The van der Waals surface area contributed by atoms with Crippen molar-refractivity contribution < 1.29 is 9.47 Å². The molecule has 1 saturated heterocycles. The smallest absolute Gasteiger partial charge is 0.100 e. The Bertz CT molecular complexity index is 153. The Hall–Kier alpha value is -0.540. The molecule has 1 rings (SSSR count). The highest BCUT2D eigenvalue weighted by Gasteiger charge is 2.25. The molecule has 0 saturated carbocycles. The summed E-state index contributed by atoms with van der Waals surface area (Å²) in [7, 11) is 1.76. The van der Waals surface area contributed by atoms with Gasteiger partial charge in [0.25, 0.3) is 0 Å². The van der Waals surface area contributed by atoms with Crippen LogP contribution in [0.5, 0.6) is 0 Å². The summed E-state index contributed by atoms with van der Waals surface area (Å²) in [6.07, 6.45) is 0.440. The summed E-state index contributed by atoms with van der Waals surface area (Å²) >= 11 is 0. The van der Waals surface area contributed by atoms with Gasteiger partial charge in [-0.05, 0) is 6.92 Å². The van der Waals surface area contributed by atoms with Gasteiger partial charge in [-0.2, -0.15) is 0 Å². The van der Waals surface area contributed by atoms with E-state index in [2.05, 4.69) is 11.5 Å². The van der Waals surface area contributed by atoms with Crippen LogP contribution in [0.4, 0.5) is 0 Å². The van der Waals surface area contributed by atoms with Gasteiger partial charge in [-0.25, -0.2) is 0 Å². The van der Waals surface area contributed by atoms with Gasteiger partial charge in [-0.15, -0.1) is 0 Å². The van der Waals surface area contributed by atoms with Crippen molar-refractivity contribution in [3.63, 3.8) is 0 Å². The van der Waals surface area contributed by atoms with Crippen LogP contribution in [-0.2, 0) is 9.47 Å². The molecule has 0 spiro atoms. The Morgan fingerprint density at radius 2 is 2.25 bits per heavy atom. The first-order chi connectivity index (χ1) is 5.72. The zero-order chi connectivity index (χ0) is 8.97. The Labute approximate surface area is 74.0 Å². The van der Waals surface area contributed by atoms with Gasteiger partial charge in [0.1, 0.15) is 6.61 Å². The fourth-order valence-corrected chi connectivity index (χ4v) is 1.20. The number of methoxy groups -OCH3 is 1. The maximum atomic E-state index is 5.24. The van der Waals surface area contributed by atoms with E-state index >= 15 is 0 Å². The third-order valence-electron chi connectivity index (χ3n) is 2.01. The zero-order valence-corrected chi connectivity index (χ0v) is 7.88. The topological polar surface area (TPSA) is 21.7 Å². The quantitative estimate of drug-likeness (QED) is 0.573. The molecule has 0 aromatic carbocycles. The fraction of sp³-hybridized carbons (Fsp3) is 0.778. The summed E-state index contributed by atoms with van der Waals surface area (Å²) in [5, 5.41) is 0. The van der Waals surface area contributed by atoms with Gasteiger partial charge in [0.05, 0.1) is 11.9 Å². The highest BCUT2D eigenvalue weighted by Crippen LogP contribution is 2.09. The Morgan fingerprint density at radius 3 is 2.75 bits per heavy atom. The van der Waals surface area contributed by atoms with Gasteiger partial charge >= 0.3 is 0 Å². The maximum absolute atomic E-state index is 5.24. The van der Waals surface area contributed by atoms with Crippen LogP contribution >= 0.6 is 0 Å². The van der Waals surface area contributed by atoms with E-state index in [0.717, 1.165) is 32.0 Å². The molecule has 0 aromatic rings. The van der Waals surface area contributed by atoms with Crippen molar-refractivity contribution >= 4 is 0 Å². The van der Waals surface area contributed by atoms with E-state index in [1.807, 2.05) is 6.92 Å². The first-order valence-electron chi connectivity index (χ1n) is 4.26. The van der Waals surface area contributed by atoms with E-state index in [-0.39, 0.29) is 0 Å². The second kappa shape index (κ2) is 4.48. The summed E-state index contributed by atoms with van der Waals surface area (Å²) in [6.45, 7) is 9.33. The number of allylic oxidation sites excluding steroid dienone is 1. The molecule has 1 aliphatic rings. The van der Waals surface area contributed by atoms with Crippen LogP contribution in [0.1, 0.15) is 6.92 Å². The van der Waals surface area contributed by atoms with Gasteiger partial charge in [0.2, 0.25) is 0 Å². The van der Waals surface area contributed by atoms with Gasteiger partial charge in [0, 0.05) is 26.7 Å². The molecule has 70 valence electrons. The number of hydrogen-bond donors (Lipinski definition) is 0. The SMILES string of the molecule is C=C(C)OCCN1CC(OC)C1. The van der Waals surface area contributed by atoms with Crippen LogP contribution in [0.15, 0.2) is 12.3 Å². The minimum absolute atomic E-state index is 0.440. The molecule has 3 nitrogen and oxygen atoms in total. The Balaban J connectivity index is 1.93. The van der Waals surface area contributed by atoms with Crippen molar-refractivity contribution in [3.8, 4) is 0 Å². The Morgan fingerprint density at radius 1 is 1.58 bits per heavy atom. The van der Waals surface area contributed by atoms with E-state index < -0.39 is 0 Å². The third kappa shape index (κ3) is 2.83. The van der Waals surface area contributed by atoms with Crippen molar-refractivity contribution in [3.05, 3.63) is 12.3 Å². The number of likely N-dealkylation sites (tertiary alicyclic amines) is 1. The summed E-state index contributed by atoms with van der Waals surface area (Å²) in [5.41, 5.74) is 0. The fourth-order valence-electron chi connectivity index (χ4n) is 1.20. The van der Waals surface area contributed by atoms with E-state index in [1.54, 1.807) is 7.11 Å². The van der Waals surface area contributed by atoms with Crippen molar-refractivity contribution in [2.24, 2.45) is 0 Å². The van der Waals surface area contributed by atoms with Gasteiger partial charge in [0.15, 0.2) is 0 Å². The lowest BCUT2D eigenvalue weighted by Crippen LogP contribution is -2.52. The van der Waals surface area contributed by atoms with Crippen LogP contribution < -0.4 is 0 Å². The standard InChI is InChI=1S/C9H17NO2/c1-8(2)12-5-4-10-6-9(7-10)11-3/h9H,1,4-7H2,2-3H3. The number of nitrogens with zero attached hydrogens (tertiary/aromatic N) is 1.